The summed E-state index contributed by atoms with van der Waals surface area (Å²) in [6.45, 7) is 3.92. The van der Waals surface area contributed by atoms with Crippen LogP contribution in [-0.4, -0.2) is 28.9 Å². The summed E-state index contributed by atoms with van der Waals surface area (Å²) in [5.74, 6) is 0. The predicted molar refractivity (Wildman–Crippen MR) is 166 cm³/mol. The van der Waals surface area contributed by atoms with Gasteiger partial charge in [-0.2, -0.15) is 0 Å². The largest absolute Gasteiger partial charge is 0.333 e. The van der Waals surface area contributed by atoms with E-state index in [4.69, 9.17) is 0 Å². The smallest absolute Gasteiger partial charge is 0.307 e. The number of aryl methyl sites for hydroxylation is 2. The predicted octanol–water partition coefficient (Wildman–Crippen LogP) is 5.42. The van der Waals surface area contributed by atoms with Crippen LogP contribution < -0.4 is 20.1 Å². The van der Waals surface area contributed by atoms with Gasteiger partial charge >= 0.3 is 12.1 Å². The summed E-state index contributed by atoms with van der Waals surface area (Å²) in [7, 11) is -8.02. The standard InChI is InChI=1S/C31H32N4O6S2/c1-3-22-9-17-28(18-10-22)42(38,39)34-30(36)32-26-13-5-24(6-14-26)21-25-7-15-27(16-8-25)33-31(37)35-43(40,41)29-19-11-23(4-2)12-20-29/h5-20H,3-4,21H2,1-2H3,(H2,32,34,36)(H2,33,35,37). The van der Waals surface area contributed by atoms with Gasteiger partial charge in [-0.15, -0.1) is 0 Å². The molecule has 0 aliphatic heterocycles. The number of hydrogen-bond donors (Lipinski definition) is 4. The molecule has 0 heterocycles. The number of benzene rings is 4. The number of nitrogens with one attached hydrogen (secondary N) is 4. The van der Waals surface area contributed by atoms with Crippen LogP contribution in [-0.2, 0) is 39.3 Å². The summed E-state index contributed by atoms with van der Waals surface area (Å²) in [5, 5.41) is 5.04. The molecule has 43 heavy (non-hydrogen) atoms. The van der Waals surface area contributed by atoms with Crippen LogP contribution in [0.1, 0.15) is 36.1 Å². The summed E-state index contributed by atoms with van der Waals surface area (Å²) >= 11 is 0. The van der Waals surface area contributed by atoms with E-state index in [0.29, 0.717) is 17.8 Å². The lowest BCUT2D eigenvalue weighted by atomic mass is 10.0. The summed E-state index contributed by atoms with van der Waals surface area (Å²) < 4.78 is 54.0. The molecular weight excluding hydrogens is 588 g/mol. The van der Waals surface area contributed by atoms with Crippen LogP contribution in [0.5, 0.6) is 0 Å². The first-order chi connectivity index (χ1) is 20.5. The zero-order valence-electron chi connectivity index (χ0n) is 23.6. The van der Waals surface area contributed by atoms with Crippen molar-refractivity contribution in [2.24, 2.45) is 0 Å². The molecule has 0 fully saturated rings. The van der Waals surface area contributed by atoms with Crippen molar-refractivity contribution in [3.8, 4) is 0 Å². The highest BCUT2D eigenvalue weighted by Crippen LogP contribution is 2.17. The summed E-state index contributed by atoms with van der Waals surface area (Å²) in [6, 6.07) is 24.7. The summed E-state index contributed by atoms with van der Waals surface area (Å²) in [4.78, 5) is 24.6. The lowest BCUT2D eigenvalue weighted by Crippen LogP contribution is -2.34. The third-order valence-corrected chi connectivity index (χ3v) is 9.26. The molecule has 0 aromatic heterocycles. The van der Waals surface area contributed by atoms with E-state index in [1.165, 1.54) is 24.3 Å². The molecule has 0 saturated heterocycles. The zero-order chi connectivity index (χ0) is 31.0. The SMILES string of the molecule is CCc1ccc(S(=O)(=O)NC(=O)Nc2ccc(Cc3ccc(NC(=O)NS(=O)(=O)c4ccc(CC)cc4)cc3)cc2)cc1. The van der Waals surface area contributed by atoms with Gasteiger partial charge < -0.3 is 10.6 Å². The maximum atomic E-state index is 12.5. The van der Waals surface area contributed by atoms with E-state index in [1.807, 2.05) is 23.3 Å². The first-order valence-electron chi connectivity index (χ1n) is 13.5. The number of urea groups is 2. The molecular formula is C31H32N4O6S2. The lowest BCUT2D eigenvalue weighted by Gasteiger charge is -2.11. The van der Waals surface area contributed by atoms with Crippen LogP contribution in [0.3, 0.4) is 0 Å². The topological polar surface area (TPSA) is 151 Å². The van der Waals surface area contributed by atoms with Gasteiger partial charge in [-0.05, 0) is 90.0 Å². The lowest BCUT2D eigenvalue weighted by molar-refractivity contribution is 0.255. The number of amides is 4. The van der Waals surface area contributed by atoms with Crippen molar-refractivity contribution in [1.82, 2.24) is 9.44 Å². The molecule has 4 rings (SSSR count). The fraction of sp³-hybridized carbons (Fsp3) is 0.161. The Morgan fingerprint density at radius 1 is 0.488 bits per heavy atom. The zero-order valence-corrected chi connectivity index (χ0v) is 25.3. The van der Waals surface area contributed by atoms with Gasteiger partial charge in [-0.1, -0.05) is 62.4 Å². The second kappa shape index (κ2) is 13.5. The molecule has 0 aliphatic carbocycles. The van der Waals surface area contributed by atoms with Gasteiger partial charge in [0.2, 0.25) is 0 Å². The van der Waals surface area contributed by atoms with Crippen LogP contribution in [0, 0.1) is 0 Å². The maximum Gasteiger partial charge on any atom is 0.333 e. The average molecular weight is 621 g/mol. The molecule has 0 unspecified atom stereocenters. The molecule has 0 bridgehead atoms. The Morgan fingerprint density at radius 3 is 1.09 bits per heavy atom. The number of carbonyl (C=O) groups excluding carboxylic acids is 2. The van der Waals surface area contributed by atoms with Crippen molar-refractivity contribution < 1.29 is 26.4 Å². The van der Waals surface area contributed by atoms with Crippen LogP contribution in [0.4, 0.5) is 21.0 Å². The van der Waals surface area contributed by atoms with Gasteiger partial charge in [-0.25, -0.2) is 35.9 Å². The Hall–Kier alpha value is -4.68. The van der Waals surface area contributed by atoms with E-state index in [9.17, 15) is 26.4 Å². The normalized spacial score (nSPS) is 11.4. The van der Waals surface area contributed by atoms with Gasteiger partial charge in [0, 0.05) is 11.4 Å². The number of carbonyl (C=O) groups is 2. The second-order valence-electron chi connectivity index (χ2n) is 9.68. The molecule has 0 atom stereocenters. The van der Waals surface area contributed by atoms with E-state index < -0.39 is 32.1 Å². The van der Waals surface area contributed by atoms with Crippen molar-refractivity contribution in [3.63, 3.8) is 0 Å². The Morgan fingerprint density at radius 2 is 0.791 bits per heavy atom. The van der Waals surface area contributed by atoms with E-state index in [1.54, 1.807) is 72.8 Å². The Labute approximate surface area is 251 Å². The van der Waals surface area contributed by atoms with E-state index in [-0.39, 0.29) is 9.79 Å². The molecule has 0 radical (unpaired) electrons. The van der Waals surface area contributed by atoms with Crippen LogP contribution in [0.25, 0.3) is 0 Å². The Kier molecular flexibility index (Phi) is 9.84. The quantitative estimate of drug-likeness (QED) is 0.186. The van der Waals surface area contributed by atoms with Gasteiger partial charge in [0.1, 0.15) is 0 Å². The van der Waals surface area contributed by atoms with Gasteiger partial charge in [-0.3, -0.25) is 0 Å². The average Bonchev–Trinajstić information content (AvgIpc) is 2.98. The molecule has 12 heteroatoms. The fourth-order valence-corrected chi connectivity index (χ4v) is 5.95. The van der Waals surface area contributed by atoms with E-state index in [2.05, 4.69) is 10.6 Å². The first kappa shape index (κ1) is 31.3. The van der Waals surface area contributed by atoms with Crippen LogP contribution >= 0.6 is 0 Å². The van der Waals surface area contributed by atoms with E-state index in [0.717, 1.165) is 35.1 Å². The van der Waals surface area contributed by atoms with Crippen molar-refractivity contribution in [2.75, 3.05) is 10.6 Å². The van der Waals surface area contributed by atoms with Crippen molar-refractivity contribution in [3.05, 3.63) is 119 Å². The molecule has 224 valence electrons. The molecule has 0 saturated carbocycles. The van der Waals surface area contributed by atoms with Gasteiger partial charge in [0.15, 0.2) is 0 Å². The second-order valence-corrected chi connectivity index (χ2v) is 13.0. The van der Waals surface area contributed by atoms with E-state index >= 15 is 0 Å². The van der Waals surface area contributed by atoms with Crippen LogP contribution in [0.15, 0.2) is 107 Å². The molecule has 10 nitrogen and oxygen atoms in total. The highest BCUT2D eigenvalue weighted by atomic mass is 32.2. The number of sulfonamides is 2. The fourth-order valence-electron chi connectivity index (χ4n) is 4.13. The van der Waals surface area contributed by atoms with Crippen molar-refractivity contribution in [2.45, 2.75) is 42.9 Å². The summed E-state index contributed by atoms with van der Waals surface area (Å²) in [6.07, 6.45) is 2.09. The minimum absolute atomic E-state index is 0.000257. The Bertz CT molecular complexity index is 1650. The van der Waals surface area contributed by atoms with Gasteiger partial charge in [0.05, 0.1) is 9.79 Å². The minimum Gasteiger partial charge on any atom is -0.307 e. The minimum atomic E-state index is -4.01. The molecule has 4 N–H and O–H groups in total. The summed E-state index contributed by atoms with van der Waals surface area (Å²) in [5.41, 5.74) is 4.66. The Balaban J connectivity index is 1.28. The third-order valence-electron chi connectivity index (χ3n) is 6.57. The van der Waals surface area contributed by atoms with Crippen molar-refractivity contribution >= 4 is 43.5 Å². The first-order valence-corrected chi connectivity index (χ1v) is 16.5. The molecule has 0 spiro atoms. The highest BCUT2D eigenvalue weighted by Gasteiger charge is 2.19. The number of rotatable bonds is 10. The number of hydrogen-bond acceptors (Lipinski definition) is 6. The monoisotopic (exact) mass is 620 g/mol. The molecule has 4 amide bonds. The van der Waals surface area contributed by atoms with Crippen LogP contribution in [0.2, 0.25) is 0 Å². The maximum absolute atomic E-state index is 12.5. The van der Waals surface area contributed by atoms with Crippen molar-refractivity contribution in [1.29, 1.82) is 0 Å². The van der Waals surface area contributed by atoms with Gasteiger partial charge in [0.25, 0.3) is 20.0 Å². The highest BCUT2D eigenvalue weighted by molar-refractivity contribution is 7.90. The third kappa shape index (κ3) is 8.66. The molecule has 0 aliphatic rings. The molecule has 4 aromatic rings. The number of anilines is 2. The molecule has 4 aromatic carbocycles.